The van der Waals surface area contributed by atoms with Gasteiger partial charge in [0.15, 0.2) is 0 Å². The Morgan fingerprint density at radius 1 is 1.05 bits per heavy atom. The largest absolute Gasteiger partial charge is 0.348 e. The van der Waals surface area contributed by atoms with Crippen molar-refractivity contribution >= 4 is 40.8 Å². The lowest BCUT2D eigenvalue weighted by atomic mass is 10.0. The van der Waals surface area contributed by atoms with Gasteiger partial charge in [0, 0.05) is 18.0 Å². The number of pyridine rings is 2. The summed E-state index contributed by atoms with van der Waals surface area (Å²) >= 11 is 0. The predicted octanol–water partition coefficient (Wildman–Crippen LogP) is 5.16. The Balaban J connectivity index is 1.11. The third-order valence-electron chi connectivity index (χ3n) is 8.30. The van der Waals surface area contributed by atoms with E-state index in [9.17, 15) is 23.2 Å². The van der Waals surface area contributed by atoms with Crippen molar-refractivity contribution in [3.05, 3.63) is 83.1 Å². The lowest BCUT2D eigenvalue weighted by molar-refractivity contribution is -0.138. The van der Waals surface area contributed by atoms with Gasteiger partial charge in [-0.3, -0.25) is 19.4 Å². The number of hydrogen-bond donors (Lipinski definition) is 2. The van der Waals surface area contributed by atoms with E-state index in [-0.39, 0.29) is 18.7 Å². The van der Waals surface area contributed by atoms with Crippen molar-refractivity contribution in [3.63, 3.8) is 0 Å². The number of allylic oxidation sites excluding steroid dienone is 2. The second kappa shape index (κ2) is 12.6. The van der Waals surface area contributed by atoms with Gasteiger partial charge in [-0.05, 0) is 92.0 Å². The highest BCUT2D eigenvalue weighted by atomic mass is 19.1. The number of rotatable bonds is 10. The molecule has 6 rings (SSSR count). The third kappa shape index (κ3) is 7.18. The molecule has 2 aromatic heterocycles. The number of nitrogens with one attached hydrogen (secondary N) is 2. The predicted molar refractivity (Wildman–Crippen MR) is 163 cm³/mol. The van der Waals surface area contributed by atoms with Crippen molar-refractivity contribution in [1.82, 2.24) is 25.5 Å². The van der Waals surface area contributed by atoms with E-state index in [1.807, 2.05) is 31.3 Å². The summed E-state index contributed by atoms with van der Waals surface area (Å²) in [7, 11) is 0. The molecule has 3 aromatic rings. The molecule has 0 unspecified atom stereocenters. The number of carbonyl (C=O) groups is 3. The summed E-state index contributed by atoms with van der Waals surface area (Å²) in [4.78, 5) is 49.3. The van der Waals surface area contributed by atoms with Crippen LogP contribution in [0.1, 0.15) is 72.4 Å². The zero-order valence-electron chi connectivity index (χ0n) is 24.5. The number of amides is 3. The van der Waals surface area contributed by atoms with E-state index in [1.165, 1.54) is 54.8 Å². The number of alkyl halides is 1. The molecule has 0 bridgehead atoms. The van der Waals surface area contributed by atoms with E-state index in [2.05, 4.69) is 32.8 Å². The smallest absolute Gasteiger partial charge is 0.270 e. The van der Waals surface area contributed by atoms with Crippen LogP contribution in [0.4, 0.5) is 8.78 Å². The van der Waals surface area contributed by atoms with Crippen LogP contribution in [-0.4, -0.2) is 57.9 Å². The molecule has 2 saturated carbocycles. The van der Waals surface area contributed by atoms with Crippen LogP contribution in [-0.2, 0) is 9.59 Å². The molecular weight excluding hydrogens is 564 g/mol. The van der Waals surface area contributed by atoms with E-state index in [4.69, 9.17) is 0 Å². The van der Waals surface area contributed by atoms with Crippen LogP contribution < -0.4 is 10.6 Å². The molecule has 2 N–H and O–H groups in total. The van der Waals surface area contributed by atoms with Crippen LogP contribution >= 0.6 is 0 Å². The zero-order chi connectivity index (χ0) is 30.8. The van der Waals surface area contributed by atoms with Crippen molar-refractivity contribution in [2.75, 3.05) is 13.1 Å². The Morgan fingerprint density at radius 3 is 2.55 bits per heavy atom. The second-order valence-electron chi connectivity index (χ2n) is 12.0. The van der Waals surface area contributed by atoms with Gasteiger partial charge in [0.25, 0.3) is 5.91 Å². The number of halogens is 2. The van der Waals surface area contributed by atoms with Crippen molar-refractivity contribution in [2.24, 2.45) is 11.8 Å². The molecule has 1 saturated heterocycles. The Kier molecular flexibility index (Phi) is 8.50. The fraction of sp³-hybridized carbons (Fsp3) is 0.382. The molecule has 1 aromatic carbocycles. The first-order valence-corrected chi connectivity index (χ1v) is 15.2. The number of fused-ring (bicyclic) bond motifs is 1. The van der Waals surface area contributed by atoms with Gasteiger partial charge in [-0.2, -0.15) is 0 Å². The molecule has 44 heavy (non-hydrogen) atoms. The minimum Gasteiger partial charge on any atom is -0.348 e. The molecule has 3 amide bonds. The molecule has 228 valence electrons. The van der Waals surface area contributed by atoms with Crippen molar-refractivity contribution < 1.29 is 23.2 Å². The first-order valence-electron chi connectivity index (χ1n) is 15.2. The zero-order valence-corrected chi connectivity index (χ0v) is 24.5. The number of hydrogen-bond acceptors (Lipinski definition) is 5. The van der Waals surface area contributed by atoms with Gasteiger partial charge in [-0.25, -0.2) is 13.8 Å². The highest BCUT2D eigenvalue weighted by molar-refractivity contribution is 5.97. The van der Waals surface area contributed by atoms with E-state index in [0.717, 1.165) is 16.8 Å². The summed E-state index contributed by atoms with van der Waals surface area (Å²) in [6, 6.07) is 7.58. The van der Waals surface area contributed by atoms with E-state index >= 15 is 0 Å². The molecule has 10 heteroatoms. The number of likely N-dealkylation sites (tertiary alicyclic amines) is 1. The molecule has 0 spiro atoms. The summed E-state index contributed by atoms with van der Waals surface area (Å²) in [5, 5.41) is 6.05. The third-order valence-corrected chi connectivity index (χ3v) is 8.30. The highest BCUT2D eigenvalue weighted by Crippen LogP contribution is 2.33. The van der Waals surface area contributed by atoms with Crippen LogP contribution in [0, 0.1) is 17.7 Å². The summed E-state index contributed by atoms with van der Waals surface area (Å²) in [5.74, 6) is -0.867. The van der Waals surface area contributed by atoms with Gasteiger partial charge in [0.1, 0.15) is 23.7 Å². The van der Waals surface area contributed by atoms with Crippen LogP contribution in [0.3, 0.4) is 0 Å². The van der Waals surface area contributed by atoms with E-state index < -0.39 is 48.3 Å². The van der Waals surface area contributed by atoms with Crippen LogP contribution in [0.5, 0.6) is 0 Å². The van der Waals surface area contributed by atoms with Gasteiger partial charge in [-0.1, -0.05) is 24.3 Å². The van der Waals surface area contributed by atoms with Crippen molar-refractivity contribution in [3.8, 4) is 0 Å². The molecule has 0 radical (unpaired) electrons. The van der Waals surface area contributed by atoms with E-state index in [0.29, 0.717) is 22.7 Å². The van der Waals surface area contributed by atoms with Gasteiger partial charge in [0.05, 0.1) is 30.3 Å². The Morgan fingerprint density at radius 2 is 1.80 bits per heavy atom. The normalized spacial score (nSPS) is 20.8. The van der Waals surface area contributed by atoms with Crippen molar-refractivity contribution in [1.29, 1.82) is 0 Å². The topological polar surface area (TPSA) is 104 Å². The first kappa shape index (κ1) is 29.6. The SMILES string of the molecule is C[C@H](NC(=O)[C@@H]1C[C@@H](F)CN1C(=O)CNC(=O)c1ccc2cc(F)ccc2n1)c1cc(/C=C/C2CC2)ncc1/C=C/C1CC1. The minimum absolute atomic E-state index is 0.0556. The molecule has 3 atom stereocenters. The quantitative estimate of drug-likeness (QED) is 0.335. The van der Waals surface area contributed by atoms with Gasteiger partial charge in [-0.15, -0.1) is 0 Å². The summed E-state index contributed by atoms with van der Waals surface area (Å²) in [5.41, 5.74) is 3.10. The lowest BCUT2D eigenvalue weighted by Crippen LogP contribution is -2.49. The monoisotopic (exact) mass is 599 g/mol. The first-order chi connectivity index (χ1) is 21.2. The summed E-state index contributed by atoms with van der Waals surface area (Å²) < 4.78 is 28.0. The fourth-order valence-corrected chi connectivity index (χ4v) is 5.42. The highest BCUT2D eigenvalue weighted by Gasteiger charge is 2.40. The Hall–Kier alpha value is -4.47. The maximum Gasteiger partial charge on any atom is 0.270 e. The number of benzene rings is 1. The minimum atomic E-state index is -1.36. The van der Waals surface area contributed by atoms with Gasteiger partial charge in [0.2, 0.25) is 11.8 Å². The van der Waals surface area contributed by atoms with Gasteiger partial charge < -0.3 is 15.5 Å². The van der Waals surface area contributed by atoms with Crippen molar-refractivity contribution in [2.45, 2.75) is 57.3 Å². The number of aromatic nitrogens is 2. The molecule has 1 aliphatic heterocycles. The number of carbonyl (C=O) groups excluding carboxylic acids is 3. The summed E-state index contributed by atoms with van der Waals surface area (Å²) in [6.45, 7) is 1.21. The Labute approximate surface area is 254 Å². The molecule has 8 nitrogen and oxygen atoms in total. The second-order valence-corrected chi connectivity index (χ2v) is 12.0. The average molecular weight is 600 g/mol. The maximum absolute atomic E-state index is 14.6. The fourth-order valence-electron chi connectivity index (χ4n) is 5.42. The Bertz CT molecular complexity index is 1650. The molecular formula is C34H35F2N5O3. The van der Waals surface area contributed by atoms with Crippen LogP contribution in [0.2, 0.25) is 0 Å². The maximum atomic E-state index is 14.6. The van der Waals surface area contributed by atoms with Gasteiger partial charge >= 0.3 is 0 Å². The summed E-state index contributed by atoms with van der Waals surface area (Å²) in [6.07, 6.45) is 13.4. The molecule has 3 aliphatic rings. The van der Waals surface area contributed by atoms with Crippen LogP contribution in [0.15, 0.2) is 54.7 Å². The molecule has 2 aliphatic carbocycles. The molecule has 3 heterocycles. The van der Waals surface area contributed by atoms with E-state index in [1.54, 1.807) is 6.07 Å². The standard InChI is InChI=1S/C34H35F2N5O3/c1-20(28-16-27(11-7-22-4-5-22)37-17-24(28)8-6-21-2-3-21)39-34(44)31-15-26(36)19-41(31)32(42)18-38-33(43)30-12-9-23-14-25(35)10-13-29(23)40-30/h6-14,16-17,20-22,26,31H,2-5,15,18-19H2,1H3,(H,38,43)(H,39,44)/b8-6+,11-7+/t20-,26+,31-/m0/s1. The number of nitrogens with zero attached hydrogens (tertiary/aromatic N) is 3. The molecule has 3 fully saturated rings. The van der Waals surface area contributed by atoms with Crippen LogP contribution in [0.25, 0.3) is 23.1 Å². The lowest BCUT2D eigenvalue weighted by Gasteiger charge is -2.26. The average Bonchev–Trinajstić information content (AvgIpc) is 3.96.